The standard InChI is InChI=1S/C27H32N2O/c1-30-26-14-12-21-16-17-29(19-24(21)18-26)20-25(28)13-15-27(22-8-4-2-5-9-22)23-10-6-3-7-11-23/h2-12,14,18,25,27H,13,15-17,19-20,28H2,1H3. The zero-order valence-corrected chi connectivity index (χ0v) is 17.8. The molecule has 1 aliphatic heterocycles. The van der Waals surface area contributed by atoms with Crippen LogP contribution in [-0.2, 0) is 13.0 Å². The molecule has 156 valence electrons. The smallest absolute Gasteiger partial charge is 0.119 e. The van der Waals surface area contributed by atoms with E-state index in [1.807, 2.05) is 0 Å². The van der Waals surface area contributed by atoms with Crippen LogP contribution in [0.2, 0.25) is 0 Å². The molecule has 0 spiro atoms. The van der Waals surface area contributed by atoms with Crippen LogP contribution in [-0.4, -0.2) is 31.1 Å². The number of ether oxygens (including phenoxy) is 1. The Bertz CT molecular complexity index is 887. The minimum atomic E-state index is 0.173. The molecule has 1 heterocycles. The van der Waals surface area contributed by atoms with E-state index in [1.165, 1.54) is 22.3 Å². The lowest BCUT2D eigenvalue weighted by atomic mass is 9.86. The zero-order chi connectivity index (χ0) is 20.8. The van der Waals surface area contributed by atoms with Crippen LogP contribution in [0.15, 0.2) is 78.9 Å². The van der Waals surface area contributed by atoms with Gasteiger partial charge >= 0.3 is 0 Å². The Morgan fingerprint density at radius 3 is 2.17 bits per heavy atom. The molecule has 0 saturated heterocycles. The normalized spacial score (nSPS) is 15.0. The number of nitrogens with two attached hydrogens (primary N) is 1. The van der Waals surface area contributed by atoms with Crippen LogP contribution >= 0.6 is 0 Å². The van der Waals surface area contributed by atoms with Crippen molar-refractivity contribution in [2.75, 3.05) is 20.2 Å². The van der Waals surface area contributed by atoms with E-state index >= 15 is 0 Å². The largest absolute Gasteiger partial charge is 0.497 e. The number of rotatable bonds is 8. The van der Waals surface area contributed by atoms with Crippen molar-refractivity contribution in [3.05, 3.63) is 101 Å². The molecule has 4 rings (SSSR count). The molecular weight excluding hydrogens is 368 g/mol. The Morgan fingerprint density at radius 2 is 1.53 bits per heavy atom. The van der Waals surface area contributed by atoms with Gasteiger partial charge in [0.1, 0.15) is 5.75 Å². The van der Waals surface area contributed by atoms with E-state index in [0.29, 0.717) is 5.92 Å². The van der Waals surface area contributed by atoms with Gasteiger partial charge in [0.25, 0.3) is 0 Å². The van der Waals surface area contributed by atoms with Crippen LogP contribution in [0.3, 0.4) is 0 Å². The highest BCUT2D eigenvalue weighted by Crippen LogP contribution is 2.30. The zero-order valence-electron chi connectivity index (χ0n) is 17.8. The Kier molecular flexibility index (Phi) is 6.83. The summed E-state index contributed by atoms with van der Waals surface area (Å²) in [6.45, 7) is 2.97. The van der Waals surface area contributed by atoms with Crippen molar-refractivity contribution in [1.82, 2.24) is 4.90 Å². The molecule has 30 heavy (non-hydrogen) atoms. The highest BCUT2D eigenvalue weighted by molar-refractivity contribution is 5.37. The summed E-state index contributed by atoms with van der Waals surface area (Å²) >= 11 is 0. The second kappa shape index (κ2) is 9.92. The summed E-state index contributed by atoms with van der Waals surface area (Å²) in [7, 11) is 1.73. The lowest BCUT2D eigenvalue weighted by Crippen LogP contribution is -2.40. The lowest BCUT2D eigenvalue weighted by Gasteiger charge is -2.31. The molecule has 3 aromatic rings. The molecule has 1 atom stereocenters. The van der Waals surface area contributed by atoms with Crippen molar-refractivity contribution in [1.29, 1.82) is 0 Å². The molecule has 0 aromatic heterocycles. The van der Waals surface area contributed by atoms with Crippen molar-refractivity contribution in [2.45, 2.75) is 37.8 Å². The van der Waals surface area contributed by atoms with Crippen LogP contribution in [0, 0.1) is 0 Å². The topological polar surface area (TPSA) is 38.5 Å². The van der Waals surface area contributed by atoms with E-state index in [0.717, 1.165) is 44.6 Å². The first-order valence-corrected chi connectivity index (χ1v) is 11.0. The molecule has 2 N–H and O–H groups in total. The predicted molar refractivity (Wildman–Crippen MR) is 124 cm³/mol. The van der Waals surface area contributed by atoms with Gasteiger partial charge in [0.2, 0.25) is 0 Å². The minimum absolute atomic E-state index is 0.173. The van der Waals surface area contributed by atoms with Gasteiger partial charge in [-0.1, -0.05) is 66.7 Å². The molecule has 3 heteroatoms. The van der Waals surface area contributed by atoms with Gasteiger partial charge < -0.3 is 10.5 Å². The quantitative estimate of drug-likeness (QED) is 0.579. The molecule has 0 radical (unpaired) electrons. The van der Waals surface area contributed by atoms with Gasteiger partial charge in [0.05, 0.1) is 7.11 Å². The van der Waals surface area contributed by atoms with Gasteiger partial charge in [-0.05, 0) is 53.6 Å². The molecular formula is C27H32N2O. The van der Waals surface area contributed by atoms with Crippen LogP contribution in [0.4, 0.5) is 0 Å². The van der Waals surface area contributed by atoms with E-state index < -0.39 is 0 Å². The van der Waals surface area contributed by atoms with Crippen LogP contribution < -0.4 is 10.5 Å². The van der Waals surface area contributed by atoms with Crippen LogP contribution in [0.1, 0.15) is 41.0 Å². The summed E-state index contributed by atoms with van der Waals surface area (Å²) in [5.41, 5.74) is 12.2. The fourth-order valence-corrected chi connectivity index (χ4v) is 4.57. The Morgan fingerprint density at radius 1 is 0.867 bits per heavy atom. The number of methoxy groups -OCH3 is 1. The van der Waals surface area contributed by atoms with E-state index in [9.17, 15) is 0 Å². The highest BCUT2D eigenvalue weighted by Gasteiger charge is 2.20. The maximum absolute atomic E-state index is 6.62. The van der Waals surface area contributed by atoms with E-state index in [1.54, 1.807) is 7.11 Å². The Hall–Kier alpha value is -2.62. The molecule has 1 aliphatic rings. The van der Waals surface area contributed by atoms with Crippen molar-refractivity contribution < 1.29 is 4.74 Å². The summed E-state index contributed by atoms with van der Waals surface area (Å²) in [4.78, 5) is 2.49. The first-order chi connectivity index (χ1) is 14.7. The third kappa shape index (κ3) is 5.10. The van der Waals surface area contributed by atoms with Crippen molar-refractivity contribution >= 4 is 0 Å². The first-order valence-electron chi connectivity index (χ1n) is 11.0. The van der Waals surface area contributed by atoms with E-state index in [-0.39, 0.29) is 6.04 Å². The van der Waals surface area contributed by atoms with E-state index in [2.05, 4.69) is 83.8 Å². The second-order valence-corrected chi connectivity index (χ2v) is 8.33. The fraction of sp³-hybridized carbons (Fsp3) is 0.333. The van der Waals surface area contributed by atoms with Crippen molar-refractivity contribution in [3.63, 3.8) is 0 Å². The van der Waals surface area contributed by atoms with Gasteiger partial charge in [-0.15, -0.1) is 0 Å². The molecule has 3 aromatic carbocycles. The average Bonchev–Trinajstić information content (AvgIpc) is 2.80. The van der Waals surface area contributed by atoms with E-state index in [4.69, 9.17) is 10.5 Å². The van der Waals surface area contributed by atoms with Gasteiger partial charge in [0, 0.05) is 31.6 Å². The molecule has 0 aliphatic carbocycles. The molecule has 0 fully saturated rings. The molecule has 0 bridgehead atoms. The molecule has 1 unspecified atom stereocenters. The number of hydrogen-bond donors (Lipinski definition) is 1. The van der Waals surface area contributed by atoms with Gasteiger partial charge in [0.15, 0.2) is 0 Å². The maximum Gasteiger partial charge on any atom is 0.119 e. The number of benzene rings is 3. The third-order valence-corrected chi connectivity index (χ3v) is 6.23. The Balaban J connectivity index is 1.38. The number of hydrogen-bond acceptors (Lipinski definition) is 3. The van der Waals surface area contributed by atoms with Crippen molar-refractivity contribution in [2.24, 2.45) is 5.73 Å². The number of fused-ring (bicyclic) bond motifs is 1. The molecule has 3 nitrogen and oxygen atoms in total. The summed E-state index contributed by atoms with van der Waals surface area (Å²) < 4.78 is 5.40. The molecule has 0 amide bonds. The predicted octanol–water partition coefficient (Wildman–Crippen LogP) is 4.99. The summed E-state index contributed by atoms with van der Waals surface area (Å²) in [6, 6.07) is 28.2. The van der Waals surface area contributed by atoms with Gasteiger partial charge in [-0.3, -0.25) is 4.90 Å². The summed E-state index contributed by atoms with van der Waals surface area (Å²) in [6.07, 6.45) is 3.16. The van der Waals surface area contributed by atoms with Gasteiger partial charge in [-0.25, -0.2) is 0 Å². The average molecular weight is 401 g/mol. The molecule has 0 saturated carbocycles. The van der Waals surface area contributed by atoms with Crippen LogP contribution in [0.5, 0.6) is 5.75 Å². The highest BCUT2D eigenvalue weighted by atomic mass is 16.5. The maximum atomic E-state index is 6.62. The first kappa shape index (κ1) is 20.6. The van der Waals surface area contributed by atoms with Gasteiger partial charge in [-0.2, -0.15) is 0 Å². The SMILES string of the molecule is COc1ccc2c(c1)CN(CC(N)CCC(c1ccccc1)c1ccccc1)CC2. The monoisotopic (exact) mass is 400 g/mol. The third-order valence-electron chi connectivity index (χ3n) is 6.23. The summed E-state index contributed by atoms with van der Waals surface area (Å²) in [5, 5.41) is 0. The van der Waals surface area contributed by atoms with Crippen LogP contribution in [0.25, 0.3) is 0 Å². The second-order valence-electron chi connectivity index (χ2n) is 8.33. The van der Waals surface area contributed by atoms with Crippen molar-refractivity contribution in [3.8, 4) is 5.75 Å². The fourth-order valence-electron chi connectivity index (χ4n) is 4.57. The minimum Gasteiger partial charge on any atom is -0.497 e. The Labute approximate surface area is 180 Å². The summed E-state index contributed by atoms with van der Waals surface area (Å²) in [5.74, 6) is 1.33. The number of nitrogens with zero attached hydrogens (tertiary/aromatic N) is 1. The lowest BCUT2D eigenvalue weighted by molar-refractivity contribution is 0.232.